The molecule has 0 fully saturated rings. The van der Waals surface area contributed by atoms with E-state index in [1.165, 1.54) is 89.9 Å². The third-order valence-electron chi connectivity index (χ3n) is 4.88. The lowest BCUT2D eigenvalue weighted by atomic mass is 9.97. The zero-order valence-electron chi connectivity index (χ0n) is 18.0. The highest BCUT2D eigenvalue weighted by Gasteiger charge is 2.24. The highest BCUT2D eigenvalue weighted by Crippen LogP contribution is 2.18. The summed E-state index contributed by atoms with van der Waals surface area (Å²) in [4.78, 5) is 11.8. The molecule has 0 saturated heterocycles. The Morgan fingerprint density at radius 2 is 1.08 bits per heavy atom. The van der Waals surface area contributed by atoms with Crippen molar-refractivity contribution in [2.75, 3.05) is 0 Å². The summed E-state index contributed by atoms with van der Waals surface area (Å²) in [5, 5.41) is 0. The van der Waals surface area contributed by atoms with Crippen molar-refractivity contribution < 1.29 is 9.53 Å². The van der Waals surface area contributed by atoms with Gasteiger partial charge in [-0.3, -0.25) is 4.79 Å². The SMILES string of the molecule is CCCCCCCCCCCCCCCCC(C)OC(=O)C(C)(C)C. The number of hydrogen-bond donors (Lipinski definition) is 0. The lowest BCUT2D eigenvalue weighted by Gasteiger charge is -2.20. The number of ether oxygens (including phenoxy) is 1. The van der Waals surface area contributed by atoms with E-state index < -0.39 is 0 Å². The number of unbranched alkanes of at least 4 members (excludes halogenated alkanes) is 13. The van der Waals surface area contributed by atoms with Gasteiger partial charge >= 0.3 is 5.97 Å². The third kappa shape index (κ3) is 16.7. The molecule has 0 aromatic heterocycles. The fourth-order valence-corrected chi connectivity index (χ4v) is 3.04. The van der Waals surface area contributed by atoms with Crippen molar-refractivity contribution in [3.63, 3.8) is 0 Å². The zero-order chi connectivity index (χ0) is 19.0. The largest absolute Gasteiger partial charge is 0.462 e. The molecule has 0 rings (SSSR count). The Morgan fingerprint density at radius 3 is 1.44 bits per heavy atom. The van der Waals surface area contributed by atoms with Crippen LogP contribution in [0.15, 0.2) is 0 Å². The summed E-state index contributed by atoms with van der Waals surface area (Å²) < 4.78 is 5.49. The van der Waals surface area contributed by atoms with Gasteiger partial charge in [-0.15, -0.1) is 0 Å². The van der Waals surface area contributed by atoms with Crippen molar-refractivity contribution in [1.82, 2.24) is 0 Å². The van der Waals surface area contributed by atoms with Crippen LogP contribution in [0, 0.1) is 5.41 Å². The summed E-state index contributed by atoms with van der Waals surface area (Å²) in [6.07, 6.45) is 20.4. The maximum atomic E-state index is 11.8. The average Bonchev–Trinajstić information content (AvgIpc) is 2.54. The lowest BCUT2D eigenvalue weighted by molar-refractivity contribution is -0.158. The van der Waals surface area contributed by atoms with E-state index in [4.69, 9.17) is 4.74 Å². The maximum Gasteiger partial charge on any atom is 0.311 e. The van der Waals surface area contributed by atoms with Crippen LogP contribution in [0.1, 0.15) is 131 Å². The Labute approximate surface area is 158 Å². The molecule has 0 amide bonds. The second kappa shape index (κ2) is 15.7. The van der Waals surface area contributed by atoms with Crippen LogP contribution in [0.25, 0.3) is 0 Å². The Hall–Kier alpha value is -0.530. The van der Waals surface area contributed by atoms with E-state index in [1.807, 2.05) is 27.7 Å². The molecule has 0 aliphatic rings. The van der Waals surface area contributed by atoms with Gasteiger partial charge in [0.05, 0.1) is 11.5 Å². The molecule has 0 radical (unpaired) electrons. The van der Waals surface area contributed by atoms with Gasteiger partial charge in [0.25, 0.3) is 0 Å². The molecule has 2 nitrogen and oxygen atoms in total. The number of esters is 1. The smallest absolute Gasteiger partial charge is 0.311 e. The van der Waals surface area contributed by atoms with Crippen LogP contribution < -0.4 is 0 Å². The van der Waals surface area contributed by atoms with Gasteiger partial charge in [0.2, 0.25) is 0 Å². The van der Waals surface area contributed by atoms with Crippen LogP contribution in [0.5, 0.6) is 0 Å². The van der Waals surface area contributed by atoms with Crippen LogP contribution in [0.3, 0.4) is 0 Å². The van der Waals surface area contributed by atoms with E-state index in [0.717, 1.165) is 6.42 Å². The maximum absolute atomic E-state index is 11.8. The molecule has 25 heavy (non-hydrogen) atoms. The second-order valence-corrected chi connectivity index (χ2v) is 8.85. The molecule has 2 heteroatoms. The molecule has 0 aliphatic heterocycles. The van der Waals surface area contributed by atoms with Crippen molar-refractivity contribution >= 4 is 5.97 Å². The Balaban J connectivity index is 3.27. The summed E-state index contributed by atoms with van der Waals surface area (Å²) in [5.41, 5.74) is -0.385. The van der Waals surface area contributed by atoms with Gasteiger partial charge in [0.15, 0.2) is 0 Å². The standard InChI is InChI=1S/C23H46O2/c1-6-7-8-9-10-11-12-13-14-15-16-17-18-19-20-21(2)25-22(24)23(3,4)5/h21H,6-20H2,1-5H3. The monoisotopic (exact) mass is 354 g/mol. The van der Waals surface area contributed by atoms with Gasteiger partial charge < -0.3 is 4.74 Å². The first kappa shape index (κ1) is 24.5. The van der Waals surface area contributed by atoms with E-state index in [2.05, 4.69) is 6.92 Å². The predicted octanol–water partition coefficient (Wildman–Crippen LogP) is 7.84. The highest BCUT2D eigenvalue weighted by molar-refractivity contribution is 5.75. The number of hydrogen-bond acceptors (Lipinski definition) is 2. The quantitative estimate of drug-likeness (QED) is 0.208. The van der Waals surface area contributed by atoms with Gasteiger partial charge in [-0.2, -0.15) is 0 Å². The third-order valence-corrected chi connectivity index (χ3v) is 4.88. The molecule has 150 valence electrons. The number of carbonyl (C=O) groups excluding carboxylic acids is 1. The molecular weight excluding hydrogens is 308 g/mol. The van der Waals surface area contributed by atoms with Crippen molar-refractivity contribution in [2.24, 2.45) is 5.41 Å². The molecule has 0 heterocycles. The molecule has 0 saturated carbocycles. The summed E-state index contributed by atoms with van der Waals surface area (Å²) in [6.45, 7) is 10.0. The minimum Gasteiger partial charge on any atom is -0.462 e. The highest BCUT2D eigenvalue weighted by atomic mass is 16.5. The first-order chi connectivity index (χ1) is 11.9. The fraction of sp³-hybridized carbons (Fsp3) is 0.957. The zero-order valence-corrected chi connectivity index (χ0v) is 18.0. The van der Waals surface area contributed by atoms with Crippen molar-refractivity contribution in [3.8, 4) is 0 Å². The molecule has 0 aliphatic carbocycles. The van der Waals surface area contributed by atoms with Gasteiger partial charge in [-0.1, -0.05) is 90.4 Å². The Kier molecular flexibility index (Phi) is 15.4. The minimum absolute atomic E-state index is 0.0593. The molecular formula is C23H46O2. The number of rotatable bonds is 16. The van der Waals surface area contributed by atoms with E-state index in [-0.39, 0.29) is 17.5 Å². The molecule has 0 aromatic carbocycles. The van der Waals surface area contributed by atoms with Gasteiger partial charge in [-0.05, 0) is 40.5 Å². The van der Waals surface area contributed by atoms with Crippen LogP contribution in [0.4, 0.5) is 0 Å². The minimum atomic E-state index is -0.385. The number of carbonyl (C=O) groups is 1. The summed E-state index contributed by atoms with van der Waals surface area (Å²) in [5.74, 6) is -0.0784. The van der Waals surface area contributed by atoms with Crippen LogP contribution in [-0.4, -0.2) is 12.1 Å². The first-order valence-electron chi connectivity index (χ1n) is 11.1. The molecule has 0 aromatic rings. The van der Waals surface area contributed by atoms with Crippen LogP contribution in [0.2, 0.25) is 0 Å². The average molecular weight is 355 g/mol. The summed E-state index contributed by atoms with van der Waals surface area (Å²) in [7, 11) is 0. The van der Waals surface area contributed by atoms with Gasteiger partial charge in [0.1, 0.15) is 0 Å². The second-order valence-electron chi connectivity index (χ2n) is 8.85. The Morgan fingerprint density at radius 1 is 0.720 bits per heavy atom. The van der Waals surface area contributed by atoms with Crippen LogP contribution >= 0.6 is 0 Å². The normalized spacial score (nSPS) is 13.0. The summed E-state index contributed by atoms with van der Waals surface area (Å²) >= 11 is 0. The fourth-order valence-electron chi connectivity index (χ4n) is 3.04. The first-order valence-corrected chi connectivity index (χ1v) is 11.1. The van der Waals surface area contributed by atoms with Crippen molar-refractivity contribution in [1.29, 1.82) is 0 Å². The molecule has 1 unspecified atom stereocenters. The lowest BCUT2D eigenvalue weighted by Crippen LogP contribution is -2.26. The van der Waals surface area contributed by atoms with Crippen molar-refractivity contribution in [2.45, 2.75) is 137 Å². The van der Waals surface area contributed by atoms with E-state index >= 15 is 0 Å². The van der Waals surface area contributed by atoms with E-state index in [1.54, 1.807) is 0 Å². The van der Waals surface area contributed by atoms with Crippen LogP contribution in [-0.2, 0) is 9.53 Å². The molecule has 0 N–H and O–H groups in total. The topological polar surface area (TPSA) is 26.3 Å². The molecule has 0 spiro atoms. The van der Waals surface area contributed by atoms with Gasteiger partial charge in [-0.25, -0.2) is 0 Å². The van der Waals surface area contributed by atoms with E-state index in [0.29, 0.717) is 0 Å². The summed E-state index contributed by atoms with van der Waals surface area (Å²) in [6, 6.07) is 0. The molecule has 0 bridgehead atoms. The van der Waals surface area contributed by atoms with Crippen molar-refractivity contribution in [3.05, 3.63) is 0 Å². The van der Waals surface area contributed by atoms with Gasteiger partial charge in [0, 0.05) is 0 Å². The van der Waals surface area contributed by atoms with E-state index in [9.17, 15) is 4.79 Å². The Bertz CT molecular complexity index is 304. The molecule has 1 atom stereocenters. The predicted molar refractivity (Wildman–Crippen MR) is 110 cm³/mol.